The fourth-order valence-corrected chi connectivity index (χ4v) is 0.992. The molecule has 0 unspecified atom stereocenters. The molecule has 3 nitrogen and oxygen atoms in total. The van der Waals surface area contributed by atoms with E-state index in [-0.39, 0.29) is 13.2 Å². The number of pyridine rings is 1. The van der Waals surface area contributed by atoms with Crippen molar-refractivity contribution in [3.05, 3.63) is 23.5 Å². The Morgan fingerprint density at radius 2 is 2.38 bits per heavy atom. The third-order valence-corrected chi connectivity index (χ3v) is 1.46. The molecule has 0 bridgehead atoms. The molecule has 1 rings (SSSR count). The summed E-state index contributed by atoms with van der Waals surface area (Å²) in [6, 6.07) is 3.45. The average molecular weight is 177 g/mol. The van der Waals surface area contributed by atoms with Crippen molar-refractivity contribution in [2.75, 3.05) is 6.61 Å². The van der Waals surface area contributed by atoms with Crippen LogP contribution in [0.1, 0.15) is 11.4 Å². The van der Waals surface area contributed by atoms with E-state index in [1.165, 1.54) is 0 Å². The Kier molecular flexibility index (Phi) is 3.30. The van der Waals surface area contributed by atoms with Crippen LogP contribution in [0.3, 0.4) is 0 Å². The molecule has 0 amide bonds. The summed E-state index contributed by atoms with van der Waals surface area (Å²) in [5, 5.41) is 8.85. The van der Waals surface area contributed by atoms with Gasteiger partial charge in [-0.05, 0) is 6.92 Å². The molecule has 0 aliphatic carbocycles. The van der Waals surface area contributed by atoms with E-state index in [0.29, 0.717) is 11.4 Å². The first-order valence-electron chi connectivity index (χ1n) is 3.91. The first-order chi connectivity index (χ1) is 6.26. The molecule has 13 heavy (non-hydrogen) atoms. The van der Waals surface area contributed by atoms with Gasteiger partial charge in [0, 0.05) is 17.8 Å². The van der Waals surface area contributed by atoms with Crippen molar-refractivity contribution in [2.45, 2.75) is 13.5 Å². The van der Waals surface area contributed by atoms with Crippen LogP contribution in [0.15, 0.2) is 12.1 Å². The number of aromatic nitrogens is 1. The molecule has 0 aliphatic rings. The highest BCUT2D eigenvalue weighted by molar-refractivity contribution is 5.26. The van der Waals surface area contributed by atoms with Crippen LogP contribution in [0.5, 0.6) is 5.75 Å². The molecule has 1 heterocycles. The van der Waals surface area contributed by atoms with Gasteiger partial charge in [-0.3, -0.25) is 4.98 Å². The molecule has 0 saturated heterocycles. The molecule has 68 valence electrons. The Morgan fingerprint density at radius 3 is 3.00 bits per heavy atom. The molecule has 0 saturated carbocycles. The first-order valence-corrected chi connectivity index (χ1v) is 3.91. The Hall–Kier alpha value is -1.53. The van der Waals surface area contributed by atoms with Gasteiger partial charge in [-0.2, -0.15) is 0 Å². The van der Waals surface area contributed by atoms with Crippen molar-refractivity contribution in [2.24, 2.45) is 0 Å². The van der Waals surface area contributed by atoms with Gasteiger partial charge >= 0.3 is 0 Å². The molecule has 0 spiro atoms. The van der Waals surface area contributed by atoms with E-state index in [1.54, 1.807) is 12.1 Å². The third kappa shape index (κ3) is 2.77. The summed E-state index contributed by atoms with van der Waals surface area (Å²) in [5.41, 5.74) is 1.39. The second-order valence-electron chi connectivity index (χ2n) is 2.59. The Labute approximate surface area is 77.4 Å². The molecule has 3 heteroatoms. The monoisotopic (exact) mass is 177 g/mol. The van der Waals surface area contributed by atoms with E-state index in [2.05, 4.69) is 10.9 Å². The van der Waals surface area contributed by atoms with E-state index in [0.717, 1.165) is 5.69 Å². The quantitative estimate of drug-likeness (QED) is 0.697. The SMILES string of the molecule is C#CCOc1cc(C)nc(CO)c1. The number of aliphatic hydroxyl groups is 1. The molecular weight excluding hydrogens is 166 g/mol. The van der Waals surface area contributed by atoms with Gasteiger partial charge in [0.05, 0.1) is 12.3 Å². The lowest BCUT2D eigenvalue weighted by Crippen LogP contribution is -1.98. The molecule has 1 N–H and O–H groups in total. The number of rotatable bonds is 3. The lowest BCUT2D eigenvalue weighted by atomic mass is 10.3. The van der Waals surface area contributed by atoms with Crippen LogP contribution in [-0.2, 0) is 6.61 Å². The number of nitrogens with zero attached hydrogens (tertiary/aromatic N) is 1. The van der Waals surface area contributed by atoms with Gasteiger partial charge in [0.25, 0.3) is 0 Å². The van der Waals surface area contributed by atoms with Crippen molar-refractivity contribution in [1.82, 2.24) is 4.98 Å². The van der Waals surface area contributed by atoms with Gasteiger partial charge < -0.3 is 9.84 Å². The van der Waals surface area contributed by atoms with Crippen LogP contribution in [0.2, 0.25) is 0 Å². The minimum absolute atomic E-state index is 0.0892. The predicted molar refractivity (Wildman–Crippen MR) is 49.2 cm³/mol. The Bertz CT molecular complexity index is 328. The van der Waals surface area contributed by atoms with Crippen molar-refractivity contribution in [1.29, 1.82) is 0 Å². The van der Waals surface area contributed by atoms with Crippen molar-refractivity contribution < 1.29 is 9.84 Å². The minimum Gasteiger partial charge on any atom is -0.481 e. The fraction of sp³-hybridized carbons (Fsp3) is 0.300. The summed E-state index contributed by atoms with van der Waals surface area (Å²) in [5.74, 6) is 3.02. The van der Waals surface area contributed by atoms with Crippen molar-refractivity contribution in [3.8, 4) is 18.1 Å². The van der Waals surface area contributed by atoms with Crippen LogP contribution < -0.4 is 4.74 Å². The summed E-state index contributed by atoms with van der Waals surface area (Å²) in [6.45, 7) is 1.98. The maximum atomic E-state index is 8.85. The van der Waals surface area contributed by atoms with Gasteiger partial charge in [0.15, 0.2) is 0 Å². The second kappa shape index (κ2) is 4.48. The van der Waals surface area contributed by atoms with Gasteiger partial charge in [-0.15, -0.1) is 6.42 Å². The van der Waals surface area contributed by atoms with E-state index >= 15 is 0 Å². The standard InChI is InChI=1S/C10H11NO2/c1-3-4-13-10-5-8(2)11-9(6-10)7-12/h1,5-6,12H,4,7H2,2H3. The molecule has 0 atom stereocenters. The second-order valence-corrected chi connectivity index (χ2v) is 2.59. The molecule has 0 aromatic carbocycles. The third-order valence-electron chi connectivity index (χ3n) is 1.46. The zero-order valence-electron chi connectivity index (χ0n) is 7.45. The summed E-state index contributed by atoms with van der Waals surface area (Å²) < 4.78 is 5.19. The summed E-state index contributed by atoms with van der Waals surface area (Å²) >= 11 is 0. The molecule has 1 aromatic rings. The number of hydrogen-bond donors (Lipinski definition) is 1. The predicted octanol–water partition coefficient (Wildman–Crippen LogP) is 0.894. The van der Waals surface area contributed by atoms with Crippen molar-refractivity contribution in [3.63, 3.8) is 0 Å². The van der Waals surface area contributed by atoms with E-state index in [9.17, 15) is 0 Å². The van der Waals surface area contributed by atoms with Crippen LogP contribution in [0.4, 0.5) is 0 Å². The number of aryl methyl sites for hydroxylation is 1. The van der Waals surface area contributed by atoms with Gasteiger partial charge in [0.2, 0.25) is 0 Å². The largest absolute Gasteiger partial charge is 0.481 e. The number of aliphatic hydroxyl groups excluding tert-OH is 1. The first kappa shape index (κ1) is 9.56. The van der Waals surface area contributed by atoms with Crippen LogP contribution in [0, 0.1) is 19.3 Å². The fourth-order valence-electron chi connectivity index (χ4n) is 0.992. The Morgan fingerprint density at radius 1 is 1.62 bits per heavy atom. The van der Waals surface area contributed by atoms with Crippen LogP contribution in [0.25, 0.3) is 0 Å². The molecule has 0 radical (unpaired) electrons. The lowest BCUT2D eigenvalue weighted by Gasteiger charge is -2.04. The van der Waals surface area contributed by atoms with Gasteiger partial charge in [0.1, 0.15) is 12.4 Å². The zero-order chi connectivity index (χ0) is 9.68. The van der Waals surface area contributed by atoms with Gasteiger partial charge in [-0.25, -0.2) is 0 Å². The smallest absolute Gasteiger partial charge is 0.148 e. The van der Waals surface area contributed by atoms with E-state index in [1.807, 2.05) is 6.92 Å². The number of ether oxygens (including phenoxy) is 1. The maximum absolute atomic E-state index is 8.85. The lowest BCUT2D eigenvalue weighted by molar-refractivity contribution is 0.275. The zero-order valence-corrected chi connectivity index (χ0v) is 7.45. The summed E-state index contributed by atoms with van der Waals surface area (Å²) in [7, 11) is 0. The number of terminal acetylenes is 1. The van der Waals surface area contributed by atoms with Crippen LogP contribution >= 0.6 is 0 Å². The Balaban J connectivity index is 2.83. The highest BCUT2D eigenvalue weighted by atomic mass is 16.5. The molecule has 0 fully saturated rings. The highest BCUT2D eigenvalue weighted by Crippen LogP contribution is 2.13. The van der Waals surface area contributed by atoms with Gasteiger partial charge in [-0.1, -0.05) is 5.92 Å². The summed E-state index contributed by atoms with van der Waals surface area (Å²) in [4.78, 5) is 4.08. The maximum Gasteiger partial charge on any atom is 0.148 e. The average Bonchev–Trinajstić information content (AvgIpc) is 2.14. The highest BCUT2D eigenvalue weighted by Gasteiger charge is 1.99. The van der Waals surface area contributed by atoms with E-state index in [4.69, 9.17) is 16.3 Å². The van der Waals surface area contributed by atoms with E-state index < -0.39 is 0 Å². The molecule has 1 aromatic heterocycles. The molecule has 0 aliphatic heterocycles. The molecular formula is C10H11NO2. The topological polar surface area (TPSA) is 42.4 Å². The minimum atomic E-state index is -0.0892. The number of hydrogen-bond acceptors (Lipinski definition) is 3. The normalized spacial score (nSPS) is 9.31. The van der Waals surface area contributed by atoms with Crippen molar-refractivity contribution >= 4 is 0 Å². The van der Waals surface area contributed by atoms with Crippen LogP contribution in [-0.4, -0.2) is 16.7 Å². The summed E-state index contributed by atoms with van der Waals surface area (Å²) in [6.07, 6.45) is 5.04.